The highest BCUT2D eigenvalue weighted by Crippen LogP contribution is 2.40. The van der Waals surface area contributed by atoms with Gasteiger partial charge in [-0.3, -0.25) is 4.79 Å². The van der Waals surface area contributed by atoms with Crippen LogP contribution in [-0.4, -0.2) is 12.0 Å². The minimum atomic E-state index is -4.10. The highest BCUT2D eigenvalue weighted by Gasteiger charge is 2.42. The van der Waals surface area contributed by atoms with E-state index in [0.717, 1.165) is 0 Å². The van der Waals surface area contributed by atoms with Crippen molar-refractivity contribution in [3.05, 3.63) is 22.4 Å². The molecule has 1 fully saturated rings. The molecule has 0 aromatic carbocycles. The summed E-state index contributed by atoms with van der Waals surface area (Å²) in [7, 11) is 0. The summed E-state index contributed by atoms with van der Waals surface area (Å²) in [6.45, 7) is 0. The van der Waals surface area contributed by atoms with Gasteiger partial charge in [0.1, 0.15) is 0 Å². The van der Waals surface area contributed by atoms with Gasteiger partial charge in [-0.25, -0.2) is 0 Å². The van der Waals surface area contributed by atoms with Crippen LogP contribution in [0.4, 0.5) is 13.2 Å². The third-order valence-corrected chi connectivity index (χ3v) is 4.21. The van der Waals surface area contributed by atoms with Crippen molar-refractivity contribution >= 4 is 17.1 Å². The number of Topliss-reactive ketones (excluding diaryl/α,β-unsaturated/α-hetero) is 1. The van der Waals surface area contributed by atoms with E-state index in [1.807, 2.05) is 5.38 Å². The minimum Gasteiger partial charge on any atom is -0.293 e. The number of rotatable bonds is 2. The van der Waals surface area contributed by atoms with E-state index in [2.05, 4.69) is 0 Å². The highest BCUT2D eigenvalue weighted by atomic mass is 32.1. The fourth-order valence-corrected chi connectivity index (χ4v) is 3.05. The molecular formula is C12H13F3OS. The molecule has 1 saturated carbocycles. The van der Waals surface area contributed by atoms with Crippen LogP contribution >= 0.6 is 11.3 Å². The lowest BCUT2D eigenvalue weighted by Crippen LogP contribution is -2.30. The van der Waals surface area contributed by atoms with Crippen molar-refractivity contribution in [1.29, 1.82) is 0 Å². The molecule has 0 saturated heterocycles. The molecule has 2 rings (SSSR count). The molecule has 5 heteroatoms. The van der Waals surface area contributed by atoms with E-state index in [0.29, 0.717) is 17.7 Å². The molecule has 0 N–H and O–H groups in total. The molecule has 1 nitrogen and oxygen atoms in total. The largest absolute Gasteiger partial charge is 0.391 e. The minimum absolute atomic E-state index is 0.0145. The predicted octanol–water partition coefficient (Wildman–Crippen LogP) is 4.30. The molecule has 1 aliphatic rings. The molecule has 1 aromatic heterocycles. The van der Waals surface area contributed by atoms with E-state index in [1.54, 1.807) is 12.1 Å². The first kappa shape index (κ1) is 12.6. The van der Waals surface area contributed by atoms with Gasteiger partial charge in [0.2, 0.25) is 0 Å². The maximum Gasteiger partial charge on any atom is 0.391 e. The van der Waals surface area contributed by atoms with Crippen molar-refractivity contribution in [3.63, 3.8) is 0 Å². The number of ketones is 1. The number of carbonyl (C=O) groups excluding carboxylic acids is 1. The van der Waals surface area contributed by atoms with E-state index in [1.165, 1.54) is 11.3 Å². The van der Waals surface area contributed by atoms with Crippen LogP contribution in [0.2, 0.25) is 0 Å². The third-order valence-electron chi connectivity index (χ3n) is 3.32. The van der Waals surface area contributed by atoms with Gasteiger partial charge in [-0.1, -0.05) is 6.07 Å². The van der Waals surface area contributed by atoms with Crippen LogP contribution in [-0.2, 0) is 0 Å². The van der Waals surface area contributed by atoms with Crippen molar-refractivity contribution in [3.8, 4) is 0 Å². The normalized spacial score (nSPS) is 25.8. The standard InChI is InChI=1S/C12H13F3OS/c13-12(14,15)9-5-3-8(4-6-9)11(16)10-2-1-7-17-10/h1-2,7-9H,3-6H2. The zero-order valence-corrected chi connectivity index (χ0v) is 9.98. The average molecular weight is 262 g/mol. The van der Waals surface area contributed by atoms with E-state index in [9.17, 15) is 18.0 Å². The maximum atomic E-state index is 12.5. The lowest BCUT2D eigenvalue weighted by atomic mass is 9.79. The average Bonchev–Trinajstić information content (AvgIpc) is 2.80. The third kappa shape index (κ3) is 2.89. The molecule has 94 valence electrons. The molecule has 0 spiro atoms. The van der Waals surface area contributed by atoms with Crippen molar-refractivity contribution in [1.82, 2.24) is 0 Å². The lowest BCUT2D eigenvalue weighted by Gasteiger charge is -2.28. The van der Waals surface area contributed by atoms with Crippen LogP contribution in [0.25, 0.3) is 0 Å². The summed E-state index contributed by atoms with van der Waals surface area (Å²) in [6.07, 6.45) is -3.20. The predicted molar refractivity (Wildman–Crippen MR) is 60.2 cm³/mol. The molecule has 1 aliphatic carbocycles. The summed E-state index contributed by atoms with van der Waals surface area (Å²) in [4.78, 5) is 12.6. The molecule has 1 heterocycles. The Morgan fingerprint density at radius 3 is 2.35 bits per heavy atom. The zero-order valence-electron chi connectivity index (χ0n) is 9.17. The first-order chi connectivity index (χ1) is 7.98. The molecule has 0 atom stereocenters. The molecule has 1 aromatic rings. The van der Waals surface area contributed by atoms with E-state index in [-0.39, 0.29) is 24.5 Å². The number of hydrogen-bond donors (Lipinski definition) is 0. The zero-order chi connectivity index (χ0) is 12.5. The second-order valence-electron chi connectivity index (χ2n) is 4.43. The smallest absolute Gasteiger partial charge is 0.293 e. The van der Waals surface area contributed by atoms with Gasteiger partial charge in [0.05, 0.1) is 10.8 Å². The number of alkyl halides is 3. The lowest BCUT2D eigenvalue weighted by molar-refractivity contribution is -0.183. The summed E-state index contributed by atoms with van der Waals surface area (Å²) >= 11 is 1.36. The fourth-order valence-electron chi connectivity index (χ4n) is 2.30. The first-order valence-corrected chi connectivity index (χ1v) is 6.51. The number of hydrogen-bond acceptors (Lipinski definition) is 2. The molecule has 0 unspecified atom stereocenters. The van der Waals surface area contributed by atoms with Crippen LogP contribution in [0, 0.1) is 11.8 Å². The van der Waals surface area contributed by atoms with Crippen molar-refractivity contribution < 1.29 is 18.0 Å². The number of carbonyl (C=O) groups is 1. The SMILES string of the molecule is O=C(c1cccs1)C1CCC(C(F)(F)F)CC1. The number of thiophene rings is 1. The van der Waals surface area contributed by atoms with Gasteiger partial charge in [-0.15, -0.1) is 11.3 Å². The molecule has 0 bridgehead atoms. The van der Waals surface area contributed by atoms with E-state index >= 15 is 0 Å². The monoisotopic (exact) mass is 262 g/mol. The van der Waals surface area contributed by atoms with Crippen LogP contribution < -0.4 is 0 Å². The second kappa shape index (κ2) is 4.80. The van der Waals surface area contributed by atoms with Crippen LogP contribution in [0.1, 0.15) is 35.4 Å². The molecule has 0 aliphatic heterocycles. The van der Waals surface area contributed by atoms with Gasteiger partial charge in [0.15, 0.2) is 5.78 Å². The summed E-state index contributed by atoms with van der Waals surface area (Å²) in [5.74, 6) is -1.41. The van der Waals surface area contributed by atoms with E-state index in [4.69, 9.17) is 0 Å². The summed E-state index contributed by atoms with van der Waals surface area (Å²) < 4.78 is 37.4. The Morgan fingerprint density at radius 1 is 1.24 bits per heavy atom. The number of halogens is 3. The Hall–Kier alpha value is -0.840. The van der Waals surface area contributed by atoms with Crippen LogP contribution in [0.5, 0.6) is 0 Å². The van der Waals surface area contributed by atoms with Gasteiger partial charge in [-0.2, -0.15) is 13.2 Å². The molecule has 0 amide bonds. The Morgan fingerprint density at radius 2 is 1.88 bits per heavy atom. The second-order valence-corrected chi connectivity index (χ2v) is 5.38. The summed E-state index contributed by atoms with van der Waals surface area (Å²) in [6, 6.07) is 3.53. The quantitative estimate of drug-likeness (QED) is 0.726. The Labute approximate surface area is 102 Å². The van der Waals surface area contributed by atoms with Gasteiger partial charge >= 0.3 is 6.18 Å². The Kier molecular flexibility index (Phi) is 3.56. The maximum absolute atomic E-state index is 12.5. The van der Waals surface area contributed by atoms with Crippen LogP contribution in [0.15, 0.2) is 17.5 Å². The topological polar surface area (TPSA) is 17.1 Å². The fraction of sp³-hybridized carbons (Fsp3) is 0.583. The van der Waals surface area contributed by atoms with Gasteiger partial charge in [0.25, 0.3) is 0 Å². The Bertz CT molecular complexity index is 375. The molecular weight excluding hydrogens is 249 g/mol. The first-order valence-electron chi connectivity index (χ1n) is 5.63. The van der Waals surface area contributed by atoms with Gasteiger partial charge in [-0.05, 0) is 37.1 Å². The summed E-state index contributed by atoms with van der Waals surface area (Å²) in [5, 5.41) is 1.81. The van der Waals surface area contributed by atoms with Crippen molar-refractivity contribution in [2.45, 2.75) is 31.9 Å². The van der Waals surface area contributed by atoms with E-state index < -0.39 is 12.1 Å². The highest BCUT2D eigenvalue weighted by molar-refractivity contribution is 7.12. The van der Waals surface area contributed by atoms with Gasteiger partial charge < -0.3 is 0 Å². The Balaban J connectivity index is 1.94. The van der Waals surface area contributed by atoms with Crippen molar-refractivity contribution in [2.75, 3.05) is 0 Å². The van der Waals surface area contributed by atoms with Gasteiger partial charge in [0, 0.05) is 5.92 Å². The van der Waals surface area contributed by atoms with Crippen LogP contribution in [0.3, 0.4) is 0 Å². The molecule has 17 heavy (non-hydrogen) atoms. The summed E-state index contributed by atoms with van der Waals surface area (Å²) in [5.41, 5.74) is 0. The van der Waals surface area contributed by atoms with Crippen molar-refractivity contribution in [2.24, 2.45) is 11.8 Å². The molecule has 0 radical (unpaired) electrons.